The van der Waals surface area contributed by atoms with E-state index in [1.165, 1.54) is 6.42 Å². The lowest BCUT2D eigenvalue weighted by atomic mass is 10.0. The van der Waals surface area contributed by atoms with Crippen LogP contribution in [-0.4, -0.2) is 57.4 Å². The van der Waals surface area contributed by atoms with Crippen molar-refractivity contribution < 1.29 is 9.47 Å². The number of nitrogens with two attached hydrogens (primary N) is 1. The highest BCUT2D eigenvalue weighted by Gasteiger charge is 2.17. The van der Waals surface area contributed by atoms with Crippen LogP contribution in [0.2, 0.25) is 0 Å². The maximum absolute atomic E-state index is 5.53. The van der Waals surface area contributed by atoms with Crippen LogP contribution in [0.25, 0.3) is 0 Å². The monoisotopic (exact) mass is 272 g/mol. The van der Waals surface area contributed by atoms with Crippen molar-refractivity contribution >= 4 is 5.96 Å². The van der Waals surface area contributed by atoms with Crippen LogP contribution in [0.15, 0.2) is 4.99 Å². The molecule has 0 aromatic rings. The zero-order chi connectivity index (χ0) is 13.9. The number of nitrogens with zero attached hydrogens (tertiary/aromatic N) is 2. The molecule has 0 saturated carbocycles. The van der Waals surface area contributed by atoms with Crippen molar-refractivity contribution in [3.05, 3.63) is 0 Å². The van der Waals surface area contributed by atoms with Gasteiger partial charge in [-0.2, -0.15) is 0 Å². The molecule has 6 heteroatoms. The van der Waals surface area contributed by atoms with E-state index in [0.717, 1.165) is 58.3 Å². The molecule has 1 unspecified atom stereocenters. The van der Waals surface area contributed by atoms with Gasteiger partial charge in [0.05, 0.1) is 6.61 Å². The van der Waals surface area contributed by atoms with Gasteiger partial charge in [-0.3, -0.25) is 10.4 Å². The van der Waals surface area contributed by atoms with Gasteiger partial charge in [-0.05, 0) is 32.1 Å². The molecule has 112 valence electrons. The SMILES string of the molecule is CCOCCCN=C(NN)N(C)CC1CCCOC1. The van der Waals surface area contributed by atoms with E-state index in [9.17, 15) is 0 Å². The minimum atomic E-state index is 0.570. The summed E-state index contributed by atoms with van der Waals surface area (Å²) in [6, 6.07) is 0. The molecular formula is C13H28N4O2. The molecule has 1 fully saturated rings. The highest BCUT2D eigenvalue weighted by atomic mass is 16.5. The summed E-state index contributed by atoms with van der Waals surface area (Å²) in [5.41, 5.74) is 2.68. The second-order valence-corrected chi connectivity index (χ2v) is 4.86. The second kappa shape index (κ2) is 10.00. The van der Waals surface area contributed by atoms with Crippen molar-refractivity contribution in [2.45, 2.75) is 26.2 Å². The Labute approximate surface area is 116 Å². The summed E-state index contributed by atoms with van der Waals surface area (Å²) in [6.07, 6.45) is 3.28. The Morgan fingerprint density at radius 3 is 3.05 bits per heavy atom. The molecule has 0 aromatic heterocycles. The first kappa shape index (κ1) is 16.2. The summed E-state index contributed by atoms with van der Waals surface area (Å²) in [6.45, 7) is 6.89. The van der Waals surface area contributed by atoms with Gasteiger partial charge in [-0.25, -0.2) is 5.84 Å². The Kier molecular flexibility index (Phi) is 8.53. The quantitative estimate of drug-likeness (QED) is 0.233. The van der Waals surface area contributed by atoms with Gasteiger partial charge < -0.3 is 14.4 Å². The predicted octanol–water partition coefficient (Wildman–Crippen LogP) is 0.591. The van der Waals surface area contributed by atoms with Crippen LogP contribution >= 0.6 is 0 Å². The van der Waals surface area contributed by atoms with Gasteiger partial charge in [0, 0.05) is 40.0 Å². The molecule has 0 amide bonds. The Balaban J connectivity index is 2.28. The molecule has 1 atom stereocenters. The second-order valence-electron chi connectivity index (χ2n) is 4.86. The van der Waals surface area contributed by atoms with Crippen LogP contribution < -0.4 is 11.3 Å². The van der Waals surface area contributed by atoms with Crippen molar-refractivity contribution in [3.8, 4) is 0 Å². The van der Waals surface area contributed by atoms with E-state index in [1.54, 1.807) is 0 Å². The summed E-state index contributed by atoms with van der Waals surface area (Å²) in [7, 11) is 2.01. The van der Waals surface area contributed by atoms with Crippen LogP contribution in [0.5, 0.6) is 0 Å². The van der Waals surface area contributed by atoms with Crippen molar-refractivity contribution in [1.82, 2.24) is 10.3 Å². The summed E-state index contributed by atoms with van der Waals surface area (Å²) in [5, 5.41) is 0. The molecule has 0 spiro atoms. The first-order chi connectivity index (χ1) is 9.27. The smallest absolute Gasteiger partial charge is 0.208 e. The third-order valence-electron chi connectivity index (χ3n) is 3.19. The highest BCUT2D eigenvalue weighted by molar-refractivity contribution is 5.79. The fourth-order valence-electron chi connectivity index (χ4n) is 2.20. The lowest BCUT2D eigenvalue weighted by Gasteiger charge is -2.28. The normalized spacial score (nSPS) is 20.4. The Morgan fingerprint density at radius 2 is 2.42 bits per heavy atom. The third-order valence-corrected chi connectivity index (χ3v) is 3.19. The van der Waals surface area contributed by atoms with E-state index in [4.69, 9.17) is 15.3 Å². The topological polar surface area (TPSA) is 72.1 Å². The molecule has 0 bridgehead atoms. The molecule has 6 nitrogen and oxygen atoms in total. The predicted molar refractivity (Wildman–Crippen MR) is 76.9 cm³/mol. The van der Waals surface area contributed by atoms with Crippen molar-refractivity contribution in [1.29, 1.82) is 0 Å². The molecule has 1 rings (SSSR count). The van der Waals surface area contributed by atoms with Gasteiger partial charge >= 0.3 is 0 Å². The molecular weight excluding hydrogens is 244 g/mol. The Hall–Kier alpha value is -0.850. The van der Waals surface area contributed by atoms with Crippen molar-refractivity contribution in [3.63, 3.8) is 0 Å². The number of rotatable bonds is 7. The van der Waals surface area contributed by atoms with E-state index in [-0.39, 0.29) is 0 Å². The van der Waals surface area contributed by atoms with Gasteiger partial charge in [0.1, 0.15) is 0 Å². The fraction of sp³-hybridized carbons (Fsp3) is 0.923. The number of hydrazine groups is 1. The van der Waals surface area contributed by atoms with Gasteiger partial charge in [-0.1, -0.05) is 0 Å². The van der Waals surface area contributed by atoms with Gasteiger partial charge in [-0.15, -0.1) is 0 Å². The lowest BCUT2D eigenvalue weighted by molar-refractivity contribution is 0.0482. The molecule has 0 aliphatic carbocycles. The minimum Gasteiger partial charge on any atom is -0.382 e. The van der Waals surface area contributed by atoms with Crippen molar-refractivity contribution in [2.75, 3.05) is 46.6 Å². The number of nitrogens with one attached hydrogen (secondary N) is 1. The Bertz CT molecular complexity index is 255. The van der Waals surface area contributed by atoms with E-state index in [2.05, 4.69) is 15.3 Å². The zero-order valence-electron chi connectivity index (χ0n) is 12.2. The molecule has 1 aliphatic heterocycles. The molecule has 0 aromatic carbocycles. The van der Waals surface area contributed by atoms with E-state index in [1.807, 2.05) is 14.0 Å². The molecule has 0 radical (unpaired) electrons. The van der Waals surface area contributed by atoms with Gasteiger partial charge in [0.2, 0.25) is 5.96 Å². The summed E-state index contributed by atoms with van der Waals surface area (Å²) >= 11 is 0. The number of hydrogen-bond acceptors (Lipinski definition) is 4. The van der Waals surface area contributed by atoms with Crippen LogP contribution in [0, 0.1) is 5.92 Å². The largest absolute Gasteiger partial charge is 0.382 e. The fourth-order valence-corrected chi connectivity index (χ4v) is 2.20. The van der Waals surface area contributed by atoms with Crippen LogP contribution in [0.1, 0.15) is 26.2 Å². The lowest BCUT2D eigenvalue weighted by Crippen LogP contribution is -2.45. The number of ether oxygens (including phenoxy) is 2. The molecule has 1 saturated heterocycles. The van der Waals surface area contributed by atoms with E-state index in [0.29, 0.717) is 5.92 Å². The molecule has 19 heavy (non-hydrogen) atoms. The first-order valence-electron chi connectivity index (χ1n) is 7.15. The molecule has 3 N–H and O–H groups in total. The van der Waals surface area contributed by atoms with Gasteiger partial charge in [0.15, 0.2) is 0 Å². The first-order valence-corrected chi connectivity index (χ1v) is 7.15. The molecule has 1 aliphatic rings. The summed E-state index contributed by atoms with van der Waals surface area (Å²) in [4.78, 5) is 6.53. The highest BCUT2D eigenvalue weighted by Crippen LogP contribution is 2.14. The number of guanidine groups is 1. The standard InChI is InChI=1S/C13H28N4O2/c1-3-18-9-5-7-15-13(16-14)17(2)10-12-6-4-8-19-11-12/h12H,3-11,14H2,1-2H3,(H,15,16). The van der Waals surface area contributed by atoms with Crippen LogP contribution in [0.3, 0.4) is 0 Å². The maximum Gasteiger partial charge on any atom is 0.208 e. The zero-order valence-corrected chi connectivity index (χ0v) is 12.2. The Morgan fingerprint density at radius 1 is 1.58 bits per heavy atom. The third kappa shape index (κ3) is 6.75. The molecule has 1 heterocycles. The average molecular weight is 272 g/mol. The van der Waals surface area contributed by atoms with Gasteiger partial charge in [0.25, 0.3) is 0 Å². The minimum absolute atomic E-state index is 0.570. The maximum atomic E-state index is 5.53. The van der Waals surface area contributed by atoms with Crippen LogP contribution in [0.4, 0.5) is 0 Å². The summed E-state index contributed by atoms with van der Waals surface area (Å²) in [5.74, 6) is 6.84. The van der Waals surface area contributed by atoms with Crippen LogP contribution in [-0.2, 0) is 9.47 Å². The average Bonchev–Trinajstić information content (AvgIpc) is 2.44. The summed E-state index contributed by atoms with van der Waals surface area (Å²) < 4.78 is 10.8. The van der Waals surface area contributed by atoms with Crippen molar-refractivity contribution in [2.24, 2.45) is 16.8 Å². The number of aliphatic imine (C=N–C) groups is 1. The van der Waals surface area contributed by atoms with E-state index >= 15 is 0 Å². The number of hydrogen-bond donors (Lipinski definition) is 2. The van der Waals surface area contributed by atoms with E-state index < -0.39 is 0 Å².